The average molecular weight is 388 g/mol. The fourth-order valence-electron chi connectivity index (χ4n) is 2.86. The van der Waals surface area contributed by atoms with Gasteiger partial charge in [0.05, 0.1) is 7.11 Å². The molecule has 146 valence electrons. The van der Waals surface area contributed by atoms with Crippen molar-refractivity contribution in [3.8, 4) is 23.0 Å². The van der Waals surface area contributed by atoms with E-state index in [1.165, 1.54) is 0 Å². The van der Waals surface area contributed by atoms with Crippen LogP contribution in [0.15, 0.2) is 77.2 Å². The first-order chi connectivity index (χ1) is 14.1. The predicted octanol–water partition coefficient (Wildman–Crippen LogP) is 4.91. The number of aromatic nitrogens is 1. The zero-order valence-electron chi connectivity index (χ0n) is 16.1. The Hall–Kier alpha value is -3.80. The lowest BCUT2D eigenvalue weighted by Crippen LogP contribution is -2.30. The highest BCUT2D eigenvalue weighted by Crippen LogP contribution is 2.27. The molecule has 0 fully saturated rings. The molecule has 29 heavy (non-hydrogen) atoms. The second-order valence-electron chi connectivity index (χ2n) is 6.49. The minimum atomic E-state index is -0.641. The summed E-state index contributed by atoms with van der Waals surface area (Å²) in [6.07, 6.45) is -0.641. The van der Waals surface area contributed by atoms with Gasteiger partial charge >= 0.3 is 0 Å². The number of methoxy groups -OCH3 is 1. The van der Waals surface area contributed by atoms with Gasteiger partial charge in [-0.3, -0.25) is 4.79 Å². The number of hydrogen-bond acceptors (Lipinski definition) is 5. The highest BCUT2D eigenvalue weighted by atomic mass is 16.5. The lowest BCUT2D eigenvalue weighted by molar-refractivity contribution is -0.122. The van der Waals surface area contributed by atoms with E-state index in [0.29, 0.717) is 28.4 Å². The van der Waals surface area contributed by atoms with E-state index in [2.05, 4.69) is 10.3 Å². The number of carbonyl (C=O) groups is 1. The van der Waals surface area contributed by atoms with Gasteiger partial charge in [-0.2, -0.15) is 0 Å². The van der Waals surface area contributed by atoms with Crippen LogP contribution in [0, 0.1) is 0 Å². The molecule has 0 spiro atoms. The van der Waals surface area contributed by atoms with Crippen molar-refractivity contribution in [2.24, 2.45) is 0 Å². The van der Waals surface area contributed by atoms with Gasteiger partial charge in [-0.25, -0.2) is 4.98 Å². The third-order valence-electron chi connectivity index (χ3n) is 4.42. The molecule has 4 aromatic rings. The Labute approximate surface area is 168 Å². The van der Waals surface area contributed by atoms with Gasteiger partial charge in [0.1, 0.15) is 17.0 Å². The largest absolute Gasteiger partial charge is 0.497 e. The number of nitrogens with zero attached hydrogens (tertiary/aromatic N) is 1. The Morgan fingerprint density at radius 1 is 1.00 bits per heavy atom. The molecule has 0 aliphatic carbocycles. The van der Waals surface area contributed by atoms with Gasteiger partial charge < -0.3 is 19.2 Å². The molecule has 0 bridgehead atoms. The van der Waals surface area contributed by atoms with Crippen LogP contribution in [0.5, 0.6) is 11.5 Å². The monoisotopic (exact) mass is 388 g/mol. The van der Waals surface area contributed by atoms with Crippen molar-refractivity contribution in [2.45, 2.75) is 13.0 Å². The fraction of sp³-hybridized carbons (Fsp3) is 0.130. The molecular weight excluding hydrogens is 368 g/mol. The van der Waals surface area contributed by atoms with Gasteiger partial charge in [-0.05, 0) is 55.5 Å². The number of anilines is 1. The SMILES string of the molecule is COc1ccc(-c2nc3ccc(NC(=O)C(C)Oc4ccccc4)cc3o2)cc1. The molecule has 6 nitrogen and oxygen atoms in total. The maximum atomic E-state index is 12.4. The number of rotatable bonds is 6. The summed E-state index contributed by atoms with van der Waals surface area (Å²) in [5.41, 5.74) is 2.76. The molecule has 1 heterocycles. The molecule has 1 amide bonds. The van der Waals surface area contributed by atoms with E-state index in [-0.39, 0.29) is 5.91 Å². The van der Waals surface area contributed by atoms with E-state index in [9.17, 15) is 4.79 Å². The number of nitrogens with one attached hydrogen (secondary N) is 1. The zero-order valence-corrected chi connectivity index (χ0v) is 16.1. The number of hydrogen-bond donors (Lipinski definition) is 1. The van der Waals surface area contributed by atoms with E-state index >= 15 is 0 Å². The van der Waals surface area contributed by atoms with Crippen molar-refractivity contribution in [2.75, 3.05) is 12.4 Å². The van der Waals surface area contributed by atoms with Gasteiger partial charge in [0, 0.05) is 17.3 Å². The number of benzene rings is 3. The Morgan fingerprint density at radius 3 is 2.48 bits per heavy atom. The molecule has 0 aliphatic heterocycles. The quantitative estimate of drug-likeness (QED) is 0.508. The van der Waals surface area contributed by atoms with Crippen molar-refractivity contribution >= 4 is 22.7 Å². The summed E-state index contributed by atoms with van der Waals surface area (Å²) < 4.78 is 16.7. The maximum absolute atomic E-state index is 12.4. The summed E-state index contributed by atoms with van der Waals surface area (Å²) in [5, 5.41) is 2.85. The molecule has 1 aromatic heterocycles. The Balaban J connectivity index is 1.49. The van der Waals surface area contributed by atoms with E-state index in [1.807, 2.05) is 60.7 Å². The number of carbonyl (C=O) groups excluding carboxylic acids is 1. The molecule has 1 atom stereocenters. The van der Waals surface area contributed by atoms with Gasteiger partial charge in [-0.15, -0.1) is 0 Å². The van der Waals surface area contributed by atoms with Crippen molar-refractivity contribution < 1.29 is 18.7 Å². The summed E-state index contributed by atoms with van der Waals surface area (Å²) >= 11 is 0. The van der Waals surface area contributed by atoms with Crippen LogP contribution in [0.25, 0.3) is 22.6 Å². The van der Waals surface area contributed by atoms with Gasteiger partial charge in [0.25, 0.3) is 5.91 Å². The standard InChI is InChI=1S/C23H20N2O4/c1-15(28-19-6-4-3-5-7-19)22(26)24-17-10-13-20-21(14-17)29-23(25-20)16-8-11-18(27-2)12-9-16/h3-15H,1-2H3,(H,24,26). The smallest absolute Gasteiger partial charge is 0.265 e. The average Bonchev–Trinajstić information content (AvgIpc) is 3.18. The minimum absolute atomic E-state index is 0.247. The topological polar surface area (TPSA) is 73.6 Å². The normalized spacial score (nSPS) is 11.8. The number of fused-ring (bicyclic) bond motifs is 1. The van der Waals surface area contributed by atoms with Gasteiger partial charge in [-0.1, -0.05) is 18.2 Å². The third-order valence-corrected chi connectivity index (χ3v) is 4.42. The molecule has 0 saturated carbocycles. The maximum Gasteiger partial charge on any atom is 0.265 e. The first kappa shape index (κ1) is 18.6. The molecule has 1 N–H and O–H groups in total. The van der Waals surface area contributed by atoms with Crippen molar-refractivity contribution in [1.82, 2.24) is 4.98 Å². The number of ether oxygens (including phenoxy) is 2. The molecule has 6 heteroatoms. The van der Waals surface area contributed by atoms with Crippen LogP contribution in [0.4, 0.5) is 5.69 Å². The highest BCUT2D eigenvalue weighted by Gasteiger charge is 2.16. The summed E-state index contributed by atoms with van der Waals surface area (Å²) in [5.74, 6) is 1.67. The van der Waals surface area contributed by atoms with Crippen LogP contribution in [0.3, 0.4) is 0 Å². The van der Waals surface area contributed by atoms with Crippen molar-refractivity contribution in [3.63, 3.8) is 0 Å². The molecule has 0 radical (unpaired) electrons. The van der Waals surface area contributed by atoms with E-state index < -0.39 is 6.10 Å². The molecule has 0 saturated heterocycles. The Kier molecular flexibility index (Phi) is 5.16. The van der Waals surface area contributed by atoms with Crippen LogP contribution < -0.4 is 14.8 Å². The predicted molar refractivity (Wildman–Crippen MR) is 111 cm³/mol. The van der Waals surface area contributed by atoms with E-state index in [1.54, 1.807) is 26.2 Å². The molecule has 3 aromatic carbocycles. The van der Waals surface area contributed by atoms with Crippen LogP contribution >= 0.6 is 0 Å². The molecule has 0 aliphatic rings. The third kappa shape index (κ3) is 4.21. The number of amides is 1. The first-order valence-corrected chi connectivity index (χ1v) is 9.20. The van der Waals surface area contributed by atoms with Crippen LogP contribution in [-0.4, -0.2) is 24.1 Å². The van der Waals surface area contributed by atoms with E-state index in [4.69, 9.17) is 13.9 Å². The van der Waals surface area contributed by atoms with Gasteiger partial charge in [0.15, 0.2) is 11.7 Å². The number of oxazole rings is 1. The molecular formula is C23H20N2O4. The van der Waals surface area contributed by atoms with Crippen LogP contribution in [-0.2, 0) is 4.79 Å². The van der Waals surface area contributed by atoms with Crippen LogP contribution in [0.1, 0.15) is 6.92 Å². The summed E-state index contributed by atoms with van der Waals surface area (Å²) in [6.45, 7) is 1.71. The molecule has 4 rings (SSSR count). The lowest BCUT2D eigenvalue weighted by Gasteiger charge is -2.14. The second-order valence-corrected chi connectivity index (χ2v) is 6.49. The van der Waals surface area contributed by atoms with E-state index in [0.717, 1.165) is 11.3 Å². The zero-order chi connectivity index (χ0) is 20.2. The summed E-state index contributed by atoms with van der Waals surface area (Å²) in [6, 6.07) is 22.1. The minimum Gasteiger partial charge on any atom is -0.497 e. The molecule has 1 unspecified atom stereocenters. The summed E-state index contributed by atoms with van der Waals surface area (Å²) in [7, 11) is 1.62. The van der Waals surface area contributed by atoms with Gasteiger partial charge in [0.2, 0.25) is 5.89 Å². The number of para-hydroxylation sites is 1. The fourth-order valence-corrected chi connectivity index (χ4v) is 2.86. The summed E-state index contributed by atoms with van der Waals surface area (Å²) in [4.78, 5) is 17.0. The Bertz CT molecular complexity index is 1120. The second kappa shape index (κ2) is 8.06. The van der Waals surface area contributed by atoms with Crippen molar-refractivity contribution in [3.05, 3.63) is 72.8 Å². The highest BCUT2D eigenvalue weighted by molar-refractivity contribution is 5.95. The Morgan fingerprint density at radius 2 is 1.76 bits per heavy atom. The first-order valence-electron chi connectivity index (χ1n) is 9.20. The lowest BCUT2D eigenvalue weighted by atomic mass is 10.2. The van der Waals surface area contributed by atoms with Crippen molar-refractivity contribution in [1.29, 1.82) is 0 Å². The van der Waals surface area contributed by atoms with Crippen LogP contribution in [0.2, 0.25) is 0 Å².